The van der Waals surface area contributed by atoms with Gasteiger partial charge in [-0.25, -0.2) is 0 Å². The van der Waals surface area contributed by atoms with Gasteiger partial charge in [0.05, 0.1) is 0 Å². The van der Waals surface area contributed by atoms with Gasteiger partial charge >= 0.3 is 0 Å². The molecule has 3 nitrogen and oxygen atoms in total. The summed E-state index contributed by atoms with van der Waals surface area (Å²) in [6.07, 6.45) is 0. The maximum absolute atomic E-state index is 5.92. The van der Waals surface area contributed by atoms with Gasteiger partial charge in [-0.3, -0.25) is 0 Å². The predicted molar refractivity (Wildman–Crippen MR) is 84.0 cm³/mol. The average molecular weight is 317 g/mol. The van der Waals surface area contributed by atoms with Gasteiger partial charge in [0, 0.05) is 6.07 Å². The summed E-state index contributed by atoms with van der Waals surface area (Å²) in [6.45, 7) is 0. The van der Waals surface area contributed by atoms with E-state index in [0.717, 1.165) is 11.1 Å². The zero-order chi connectivity index (χ0) is 14.7. The number of ether oxygens (including phenoxy) is 1. The first kappa shape index (κ1) is 13.9. The van der Waals surface area contributed by atoms with Crippen molar-refractivity contribution in [1.29, 1.82) is 0 Å². The molecule has 0 saturated heterocycles. The molecule has 0 bridgehead atoms. The summed E-state index contributed by atoms with van der Waals surface area (Å²) in [5, 5.41) is 7.74. The van der Waals surface area contributed by atoms with Crippen molar-refractivity contribution < 1.29 is 4.74 Å². The molecule has 0 N–H and O–H groups in total. The van der Waals surface area contributed by atoms with Crippen LogP contribution in [0.1, 0.15) is 0 Å². The summed E-state index contributed by atoms with van der Waals surface area (Å²) in [5.41, 5.74) is 2.26. The Bertz CT molecular complexity index is 746. The normalized spacial score (nSPS) is 10.4. The topological polar surface area (TPSA) is 35.0 Å². The van der Waals surface area contributed by atoms with Crippen LogP contribution in [0.15, 0.2) is 60.7 Å². The van der Waals surface area contributed by atoms with Crippen molar-refractivity contribution in [2.45, 2.75) is 0 Å². The maximum atomic E-state index is 5.92. The van der Waals surface area contributed by atoms with Gasteiger partial charge < -0.3 is 4.74 Å². The fourth-order valence-electron chi connectivity index (χ4n) is 1.88. The highest BCUT2D eigenvalue weighted by molar-refractivity contribution is 6.32. The molecular weight excluding hydrogens is 307 g/mol. The standard InChI is InChI=1S/C16H10Cl2N2O/c17-15-10-14(16(18)20-19-15)21-13-8-6-12(7-9-13)11-4-2-1-3-5-11/h1-10H. The monoisotopic (exact) mass is 316 g/mol. The Kier molecular flexibility index (Phi) is 4.04. The minimum absolute atomic E-state index is 0.173. The van der Waals surface area contributed by atoms with E-state index in [1.807, 2.05) is 42.5 Å². The largest absolute Gasteiger partial charge is 0.454 e. The van der Waals surface area contributed by atoms with E-state index in [-0.39, 0.29) is 10.3 Å². The van der Waals surface area contributed by atoms with E-state index in [1.165, 1.54) is 6.07 Å². The first-order chi connectivity index (χ1) is 10.2. The molecular formula is C16H10Cl2N2O. The molecule has 0 amide bonds. The lowest BCUT2D eigenvalue weighted by atomic mass is 10.1. The van der Waals surface area contributed by atoms with Crippen molar-refractivity contribution in [2.75, 3.05) is 0 Å². The predicted octanol–water partition coefficient (Wildman–Crippen LogP) is 5.24. The van der Waals surface area contributed by atoms with Crippen LogP contribution in [-0.2, 0) is 0 Å². The first-order valence-corrected chi connectivity index (χ1v) is 7.00. The Labute approximate surface area is 132 Å². The molecule has 21 heavy (non-hydrogen) atoms. The maximum Gasteiger partial charge on any atom is 0.194 e. The Hall–Kier alpha value is -2.10. The molecule has 0 aliphatic carbocycles. The summed E-state index contributed by atoms with van der Waals surface area (Å²) in [4.78, 5) is 0. The molecule has 5 heteroatoms. The van der Waals surface area contributed by atoms with Gasteiger partial charge in [0.1, 0.15) is 5.75 Å². The zero-order valence-corrected chi connectivity index (χ0v) is 12.3. The molecule has 0 radical (unpaired) electrons. The third kappa shape index (κ3) is 3.32. The summed E-state index contributed by atoms with van der Waals surface area (Å²) >= 11 is 11.7. The molecule has 0 aliphatic heterocycles. The number of benzene rings is 2. The van der Waals surface area contributed by atoms with Crippen molar-refractivity contribution >= 4 is 23.2 Å². The Balaban J connectivity index is 1.83. The molecule has 0 saturated carbocycles. The highest BCUT2D eigenvalue weighted by Gasteiger charge is 2.07. The van der Waals surface area contributed by atoms with E-state index in [0.29, 0.717) is 11.5 Å². The zero-order valence-electron chi connectivity index (χ0n) is 10.8. The number of halogens is 2. The molecule has 0 atom stereocenters. The lowest BCUT2D eigenvalue weighted by Crippen LogP contribution is -1.90. The van der Waals surface area contributed by atoms with Crippen LogP contribution in [-0.4, -0.2) is 10.2 Å². The lowest BCUT2D eigenvalue weighted by Gasteiger charge is -2.08. The van der Waals surface area contributed by atoms with Gasteiger partial charge in [0.25, 0.3) is 0 Å². The smallest absolute Gasteiger partial charge is 0.194 e. The van der Waals surface area contributed by atoms with E-state index < -0.39 is 0 Å². The second kappa shape index (κ2) is 6.12. The summed E-state index contributed by atoms with van der Waals surface area (Å²) in [6, 6.07) is 19.3. The van der Waals surface area contributed by atoms with E-state index in [9.17, 15) is 0 Å². The first-order valence-electron chi connectivity index (χ1n) is 6.24. The summed E-state index contributed by atoms with van der Waals surface area (Å²) < 4.78 is 5.66. The number of aromatic nitrogens is 2. The Morgan fingerprint density at radius 1 is 0.762 bits per heavy atom. The SMILES string of the molecule is Clc1cc(Oc2ccc(-c3ccccc3)cc2)c(Cl)nn1. The van der Waals surface area contributed by atoms with E-state index in [1.54, 1.807) is 0 Å². The molecule has 1 aromatic heterocycles. The highest BCUT2D eigenvalue weighted by atomic mass is 35.5. The van der Waals surface area contributed by atoms with Crippen molar-refractivity contribution in [1.82, 2.24) is 10.2 Å². The summed E-state index contributed by atoms with van der Waals surface area (Å²) in [7, 11) is 0. The molecule has 3 rings (SSSR count). The van der Waals surface area contributed by atoms with Crippen molar-refractivity contribution in [3.05, 3.63) is 71.0 Å². The van der Waals surface area contributed by atoms with Crippen LogP contribution in [0.5, 0.6) is 11.5 Å². The van der Waals surface area contributed by atoms with Crippen LogP contribution in [0.2, 0.25) is 10.3 Å². The quantitative estimate of drug-likeness (QED) is 0.662. The molecule has 0 aliphatic rings. The minimum atomic E-state index is 0.173. The molecule has 0 unspecified atom stereocenters. The van der Waals surface area contributed by atoms with E-state index in [4.69, 9.17) is 27.9 Å². The molecule has 1 heterocycles. The number of hydrogen-bond donors (Lipinski definition) is 0. The Morgan fingerprint density at radius 2 is 1.43 bits per heavy atom. The molecule has 2 aromatic carbocycles. The second-order valence-corrected chi connectivity index (χ2v) is 5.06. The van der Waals surface area contributed by atoms with Gasteiger partial charge in [-0.1, -0.05) is 65.7 Å². The Morgan fingerprint density at radius 3 is 2.14 bits per heavy atom. The van der Waals surface area contributed by atoms with E-state index >= 15 is 0 Å². The van der Waals surface area contributed by atoms with Crippen LogP contribution in [0.3, 0.4) is 0 Å². The summed E-state index contributed by atoms with van der Waals surface area (Å²) in [5.74, 6) is 1.03. The van der Waals surface area contributed by atoms with Crippen molar-refractivity contribution in [3.8, 4) is 22.6 Å². The third-order valence-corrected chi connectivity index (χ3v) is 3.32. The molecule has 0 fully saturated rings. The average Bonchev–Trinajstić information content (AvgIpc) is 2.53. The number of rotatable bonds is 3. The van der Waals surface area contributed by atoms with Crippen LogP contribution < -0.4 is 4.74 Å². The fourth-order valence-corrected chi connectivity index (χ4v) is 2.15. The fraction of sp³-hybridized carbons (Fsp3) is 0. The molecule has 3 aromatic rings. The number of nitrogens with zero attached hydrogens (tertiary/aromatic N) is 2. The molecule has 104 valence electrons. The van der Waals surface area contributed by atoms with Crippen molar-refractivity contribution in [2.24, 2.45) is 0 Å². The lowest BCUT2D eigenvalue weighted by molar-refractivity contribution is 0.479. The third-order valence-electron chi connectivity index (χ3n) is 2.88. The van der Waals surface area contributed by atoms with Gasteiger partial charge in [0.15, 0.2) is 16.1 Å². The van der Waals surface area contributed by atoms with E-state index in [2.05, 4.69) is 22.3 Å². The van der Waals surface area contributed by atoms with Gasteiger partial charge in [-0.2, -0.15) is 0 Å². The van der Waals surface area contributed by atoms with Gasteiger partial charge in [-0.05, 0) is 23.3 Å². The van der Waals surface area contributed by atoms with Gasteiger partial charge in [-0.15, -0.1) is 10.2 Å². The van der Waals surface area contributed by atoms with Crippen molar-refractivity contribution in [3.63, 3.8) is 0 Å². The van der Waals surface area contributed by atoms with Crippen LogP contribution in [0, 0.1) is 0 Å². The van der Waals surface area contributed by atoms with Crippen LogP contribution >= 0.6 is 23.2 Å². The number of hydrogen-bond acceptors (Lipinski definition) is 3. The van der Waals surface area contributed by atoms with Gasteiger partial charge in [0.2, 0.25) is 0 Å². The highest BCUT2D eigenvalue weighted by Crippen LogP contribution is 2.30. The van der Waals surface area contributed by atoms with Crippen LogP contribution in [0.25, 0.3) is 11.1 Å². The van der Waals surface area contributed by atoms with Crippen LogP contribution in [0.4, 0.5) is 0 Å². The second-order valence-electron chi connectivity index (χ2n) is 4.31. The minimum Gasteiger partial charge on any atom is -0.454 e. The molecule has 0 spiro atoms.